The van der Waals surface area contributed by atoms with E-state index in [1.54, 1.807) is 35.9 Å². The first kappa shape index (κ1) is 58.5. The number of likely N-dealkylation sites (tertiary alicyclic amines) is 1. The highest BCUT2D eigenvalue weighted by molar-refractivity contribution is 5.96. The first-order chi connectivity index (χ1) is 37.6. The molecule has 2 heterocycles. The van der Waals surface area contributed by atoms with E-state index in [4.69, 9.17) is 0 Å². The molecule has 8 rings (SSSR count). The number of aryl methyl sites for hydroxylation is 2. The van der Waals surface area contributed by atoms with Crippen LogP contribution in [0.5, 0.6) is 0 Å². The van der Waals surface area contributed by atoms with Gasteiger partial charge in [-0.05, 0) is 127 Å². The highest BCUT2D eigenvalue weighted by Gasteiger charge is 2.47. The molecular formula is C65H85N7O7. The van der Waals surface area contributed by atoms with Crippen LogP contribution in [0.25, 0.3) is 0 Å². The molecular weight excluding hydrogens is 991 g/mol. The number of carbonyl (C=O) groups is 7. The third-order valence-electron chi connectivity index (χ3n) is 17.4. The molecule has 0 spiro atoms. The number of carbonyl (C=O) groups excluding carboxylic acids is 7. The third kappa shape index (κ3) is 13.3. The van der Waals surface area contributed by atoms with E-state index in [0.29, 0.717) is 18.4 Å². The second-order valence-corrected chi connectivity index (χ2v) is 25.0. The molecule has 422 valence electrons. The van der Waals surface area contributed by atoms with Crippen molar-refractivity contribution < 1.29 is 33.6 Å². The SMILES string of the molecule is CC[C@@H](C)C(=O)N[C@H](C(=O)N1Cc2ccccc2C[C@H]1C(=O)N(Cc1ccc(C(=O)NC2C[C@@H](C(=O)NC3CCCc4ccccc43)N(C(=O)[C@@H](CC(=O)[C@H](C)NC)C(C)(C)C)C2)cc1)C1CCCc2ccccc21)C(C)(C)C. The number of hydrogen-bond donors (Lipinski definition) is 4. The van der Waals surface area contributed by atoms with E-state index in [1.807, 2.05) is 127 Å². The van der Waals surface area contributed by atoms with Crippen LogP contribution in [-0.2, 0) is 61.1 Å². The van der Waals surface area contributed by atoms with E-state index < -0.39 is 47.0 Å². The fourth-order valence-corrected chi connectivity index (χ4v) is 12.2. The summed E-state index contributed by atoms with van der Waals surface area (Å²) in [7, 11) is 1.71. The number of nitrogens with zero attached hydrogens (tertiary/aromatic N) is 3. The maximum Gasteiger partial charge on any atom is 0.251 e. The number of ketones is 1. The maximum absolute atomic E-state index is 15.8. The molecule has 14 nitrogen and oxygen atoms in total. The molecule has 4 N–H and O–H groups in total. The summed E-state index contributed by atoms with van der Waals surface area (Å²) in [6.07, 6.45) is 6.25. The lowest BCUT2D eigenvalue weighted by molar-refractivity contribution is -0.152. The van der Waals surface area contributed by atoms with Gasteiger partial charge >= 0.3 is 0 Å². The normalized spacial score (nSPS) is 21.5. The number of nitrogens with one attached hydrogen (secondary N) is 4. The van der Waals surface area contributed by atoms with Crippen molar-refractivity contribution >= 4 is 41.2 Å². The van der Waals surface area contributed by atoms with Gasteiger partial charge in [0.25, 0.3) is 5.91 Å². The molecule has 0 bridgehead atoms. The molecule has 1 fully saturated rings. The molecule has 14 heteroatoms. The zero-order valence-corrected chi connectivity index (χ0v) is 48.3. The highest BCUT2D eigenvalue weighted by Crippen LogP contribution is 2.39. The van der Waals surface area contributed by atoms with Crippen LogP contribution in [-0.4, -0.2) is 99.7 Å². The van der Waals surface area contributed by atoms with Crippen LogP contribution >= 0.6 is 0 Å². The Labute approximate surface area is 468 Å². The lowest BCUT2D eigenvalue weighted by Crippen LogP contribution is -2.61. The van der Waals surface area contributed by atoms with Crippen molar-refractivity contribution in [2.75, 3.05) is 13.6 Å². The Hall–Kier alpha value is -6.67. The van der Waals surface area contributed by atoms with E-state index in [1.165, 1.54) is 11.1 Å². The predicted molar refractivity (Wildman–Crippen MR) is 307 cm³/mol. The van der Waals surface area contributed by atoms with Gasteiger partial charge in [-0.2, -0.15) is 0 Å². The molecule has 2 aliphatic carbocycles. The lowest BCUT2D eigenvalue weighted by Gasteiger charge is -2.44. The second-order valence-electron chi connectivity index (χ2n) is 25.0. The summed E-state index contributed by atoms with van der Waals surface area (Å²) >= 11 is 0. The summed E-state index contributed by atoms with van der Waals surface area (Å²) in [6.45, 7) is 17.7. The minimum Gasteiger partial charge on any atom is -0.347 e. The molecule has 0 saturated carbocycles. The number of hydrogen-bond acceptors (Lipinski definition) is 8. The molecule has 4 aromatic carbocycles. The van der Waals surface area contributed by atoms with Crippen molar-refractivity contribution in [2.24, 2.45) is 22.7 Å². The number of amides is 6. The van der Waals surface area contributed by atoms with Gasteiger partial charge < -0.3 is 36.0 Å². The largest absolute Gasteiger partial charge is 0.347 e. The van der Waals surface area contributed by atoms with Crippen molar-refractivity contribution in [3.05, 3.63) is 142 Å². The van der Waals surface area contributed by atoms with E-state index in [2.05, 4.69) is 39.5 Å². The van der Waals surface area contributed by atoms with Crippen LogP contribution < -0.4 is 21.3 Å². The van der Waals surface area contributed by atoms with E-state index in [9.17, 15) is 24.0 Å². The maximum atomic E-state index is 15.8. The van der Waals surface area contributed by atoms with Crippen molar-refractivity contribution in [3.63, 3.8) is 0 Å². The first-order valence-electron chi connectivity index (χ1n) is 28.9. The van der Waals surface area contributed by atoms with Crippen LogP contribution in [0.4, 0.5) is 0 Å². The standard InChI is InChI=1S/C65H85N7O7/c1-11-40(2)58(74)69-57(65(7,8)9)63(79)71-38-47-23-13-12-22-46(47)34-55(71)62(78)70(53-29-19-25-44-21-15-17-27-50(44)53)37-42-30-32-45(33-31-42)59(75)67-48-35-54(60(76)68-52-28-18-24-43-20-14-16-26-49(43)52)72(39-48)61(77)51(64(4,5)6)36-56(73)41(3)66-10/h12-17,20-23,26-27,30-33,40-41,48,51-55,57,66H,11,18-19,24-25,28-29,34-39H2,1-10H3,(H,67,75)(H,68,76)(H,69,74)/t40-,41+,48?,51-,52?,53?,54+,55+,57-/m1/s1. The summed E-state index contributed by atoms with van der Waals surface area (Å²) in [6, 6.07) is 27.4. The quantitative estimate of drug-likeness (QED) is 0.0812. The zero-order valence-electron chi connectivity index (χ0n) is 48.3. The van der Waals surface area contributed by atoms with Crippen molar-refractivity contribution in [2.45, 2.75) is 182 Å². The van der Waals surface area contributed by atoms with E-state index >= 15 is 9.59 Å². The molecule has 79 heavy (non-hydrogen) atoms. The fourth-order valence-electron chi connectivity index (χ4n) is 12.2. The Balaban J connectivity index is 1.06. The Morgan fingerprint density at radius 3 is 1.92 bits per heavy atom. The van der Waals surface area contributed by atoms with Gasteiger partial charge in [-0.25, -0.2) is 0 Å². The van der Waals surface area contributed by atoms with Gasteiger partial charge in [0.1, 0.15) is 23.9 Å². The molecule has 4 aromatic rings. The van der Waals surface area contributed by atoms with Crippen molar-refractivity contribution in [1.82, 2.24) is 36.0 Å². The Kier molecular flexibility index (Phi) is 18.3. The van der Waals surface area contributed by atoms with Gasteiger partial charge in [0, 0.05) is 55.9 Å². The average Bonchev–Trinajstić information content (AvgIpc) is 3.99. The Bertz CT molecular complexity index is 2890. The second kappa shape index (κ2) is 24.8. The summed E-state index contributed by atoms with van der Waals surface area (Å²) < 4.78 is 0. The number of benzene rings is 4. The minimum absolute atomic E-state index is 0.00562. The Morgan fingerprint density at radius 2 is 1.29 bits per heavy atom. The monoisotopic (exact) mass is 1080 g/mol. The van der Waals surface area contributed by atoms with E-state index in [0.717, 1.165) is 66.3 Å². The number of rotatable bonds is 17. The zero-order chi connectivity index (χ0) is 56.9. The molecule has 3 unspecified atom stereocenters. The van der Waals surface area contributed by atoms with Gasteiger partial charge in [-0.15, -0.1) is 0 Å². The lowest BCUT2D eigenvalue weighted by atomic mass is 9.76. The summed E-state index contributed by atoms with van der Waals surface area (Å²) in [5, 5.41) is 12.5. The summed E-state index contributed by atoms with van der Waals surface area (Å²) in [5.74, 6) is -2.72. The van der Waals surface area contributed by atoms with Crippen LogP contribution in [0, 0.1) is 22.7 Å². The Morgan fingerprint density at radius 1 is 0.684 bits per heavy atom. The fraction of sp³-hybridized carbons (Fsp3) is 0.523. The van der Waals surface area contributed by atoms with Crippen LogP contribution in [0.3, 0.4) is 0 Å². The number of Topliss-reactive ketones (excluding diaryl/α,β-unsaturated/α-hetero) is 1. The van der Waals surface area contributed by atoms with Crippen LogP contribution in [0.15, 0.2) is 97.1 Å². The van der Waals surface area contributed by atoms with Crippen LogP contribution in [0.2, 0.25) is 0 Å². The average molecular weight is 1080 g/mol. The molecule has 0 aromatic heterocycles. The summed E-state index contributed by atoms with van der Waals surface area (Å²) in [5.41, 5.74) is 6.41. The van der Waals surface area contributed by atoms with Crippen molar-refractivity contribution in [3.8, 4) is 0 Å². The number of fused-ring (bicyclic) bond motifs is 3. The summed E-state index contributed by atoms with van der Waals surface area (Å²) in [4.78, 5) is 107. The molecule has 0 radical (unpaired) electrons. The smallest absolute Gasteiger partial charge is 0.251 e. The molecule has 9 atom stereocenters. The molecule has 6 amide bonds. The first-order valence-corrected chi connectivity index (χ1v) is 28.9. The topological polar surface area (TPSA) is 177 Å². The van der Waals surface area contributed by atoms with Gasteiger partial charge in [0.05, 0.1) is 18.1 Å². The molecule has 1 saturated heterocycles. The minimum atomic E-state index is -0.879. The van der Waals surface area contributed by atoms with Crippen LogP contribution in [0.1, 0.15) is 169 Å². The molecule has 4 aliphatic rings. The van der Waals surface area contributed by atoms with E-state index in [-0.39, 0.29) is 91.7 Å². The number of likely N-dealkylation sites (N-methyl/N-ethyl adjacent to an activating group) is 1. The highest BCUT2D eigenvalue weighted by atomic mass is 16.2. The third-order valence-corrected chi connectivity index (χ3v) is 17.4. The van der Waals surface area contributed by atoms with Crippen molar-refractivity contribution in [1.29, 1.82) is 0 Å². The van der Waals surface area contributed by atoms with Gasteiger partial charge in [0.15, 0.2) is 0 Å². The van der Waals surface area contributed by atoms with Gasteiger partial charge in [0.2, 0.25) is 29.5 Å². The molecule has 2 aliphatic heterocycles. The van der Waals surface area contributed by atoms with Gasteiger partial charge in [-0.1, -0.05) is 140 Å². The van der Waals surface area contributed by atoms with Gasteiger partial charge in [-0.3, -0.25) is 33.6 Å². The predicted octanol–water partition coefficient (Wildman–Crippen LogP) is 8.75.